The van der Waals surface area contributed by atoms with Gasteiger partial charge in [0, 0.05) is 16.8 Å². The van der Waals surface area contributed by atoms with Gasteiger partial charge in [0.2, 0.25) is 0 Å². The van der Waals surface area contributed by atoms with Crippen LogP contribution in [0.5, 0.6) is 0 Å². The van der Waals surface area contributed by atoms with Crippen molar-refractivity contribution in [3.8, 4) is 22.6 Å². The Morgan fingerprint density at radius 3 is 2.38 bits per heavy atom. The van der Waals surface area contributed by atoms with Gasteiger partial charge in [-0.25, -0.2) is 9.97 Å². The average molecular weight is 276 g/mol. The third-order valence-corrected chi connectivity index (χ3v) is 3.35. The largest absolute Gasteiger partial charge is 0.392 e. The highest BCUT2D eigenvalue weighted by Crippen LogP contribution is 2.25. The molecule has 3 aromatic rings. The van der Waals surface area contributed by atoms with E-state index >= 15 is 0 Å². The highest BCUT2D eigenvalue weighted by Gasteiger charge is 2.09. The number of aryl methyl sites for hydroxylation is 1. The summed E-state index contributed by atoms with van der Waals surface area (Å²) in [6.45, 7) is 1.96. The molecule has 0 atom stereocenters. The molecule has 0 saturated heterocycles. The molecule has 2 aromatic carbocycles. The zero-order valence-corrected chi connectivity index (χ0v) is 11.8. The number of aliphatic hydroxyl groups excluding tert-OH is 1. The Hall–Kier alpha value is -2.52. The highest BCUT2D eigenvalue weighted by molar-refractivity contribution is 5.67. The third kappa shape index (κ3) is 2.83. The van der Waals surface area contributed by atoms with Crippen molar-refractivity contribution in [2.24, 2.45) is 0 Å². The fourth-order valence-electron chi connectivity index (χ4n) is 2.33. The zero-order chi connectivity index (χ0) is 14.7. The molecule has 1 heterocycles. The minimum atomic E-state index is -0.000105. The molecule has 21 heavy (non-hydrogen) atoms. The van der Waals surface area contributed by atoms with Gasteiger partial charge in [-0.2, -0.15) is 0 Å². The molecule has 3 heteroatoms. The van der Waals surface area contributed by atoms with Crippen LogP contribution in [0.3, 0.4) is 0 Å². The van der Waals surface area contributed by atoms with Gasteiger partial charge in [0.1, 0.15) is 0 Å². The van der Waals surface area contributed by atoms with Crippen molar-refractivity contribution in [2.75, 3.05) is 0 Å². The van der Waals surface area contributed by atoms with E-state index in [1.54, 1.807) is 0 Å². The van der Waals surface area contributed by atoms with E-state index in [0.29, 0.717) is 5.82 Å². The van der Waals surface area contributed by atoms with E-state index < -0.39 is 0 Å². The summed E-state index contributed by atoms with van der Waals surface area (Å²) in [5.74, 6) is 0.707. The summed E-state index contributed by atoms with van der Waals surface area (Å²) in [5, 5.41) is 9.49. The third-order valence-electron chi connectivity index (χ3n) is 3.35. The molecule has 0 aliphatic carbocycles. The molecule has 0 aliphatic heterocycles. The second-order valence-electron chi connectivity index (χ2n) is 4.90. The topological polar surface area (TPSA) is 46.0 Å². The van der Waals surface area contributed by atoms with Gasteiger partial charge in [-0.15, -0.1) is 0 Å². The number of benzene rings is 2. The number of nitrogens with zero attached hydrogens (tertiary/aromatic N) is 2. The van der Waals surface area contributed by atoms with Crippen LogP contribution in [0.2, 0.25) is 0 Å². The van der Waals surface area contributed by atoms with Crippen LogP contribution in [0, 0.1) is 6.92 Å². The van der Waals surface area contributed by atoms with Crippen LogP contribution >= 0.6 is 0 Å². The molecular weight excluding hydrogens is 260 g/mol. The summed E-state index contributed by atoms with van der Waals surface area (Å²) >= 11 is 0. The fraction of sp³-hybridized carbons (Fsp3) is 0.111. The van der Waals surface area contributed by atoms with Crippen molar-refractivity contribution in [3.05, 3.63) is 71.9 Å². The normalized spacial score (nSPS) is 10.6. The lowest BCUT2D eigenvalue weighted by Gasteiger charge is -2.09. The number of aromatic nitrogens is 2. The predicted octanol–water partition coefficient (Wildman–Crippen LogP) is 3.61. The predicted molar refractivity (Wildman–Crippen MR) is 83.6 cm³/mol. The van der Waals surface area contributed by atoms with E-state index in [0.717, 1.165) is 28.1 Å². The molecule has 0 amide bonds. The van der Waals surface area contributed by atoms with Crippen LogP contribution in [0.25, 0.3) is 22.6 Å². The molecule has 1 aromatic heterocycles. The second-order valence-corrected chi connectivity index (χ2v) is 4.90. The van der Waals surface area contributed by atoms with E-state index in [2.05, 4.69) is 9.97 Å². The van der Waals surface area contributed by atoms with Gasteiger partial charge in [0.15, 0.2) is 5.82 Å². The Balaban J connectivity index is 2.14. The van der Waals surface area contributed by atoms with Crippen LogP contribution < -0.4 is 0 Å². The molecule has 0 spiro atoms. The standard InChI is InChI=1S/C18H16N2O/c1-13-11-17(16-10-6-5-9-15(16)12-21)20-18(19-13)14-7-3-2-4-8-14/h2-11,21H,12H2,1H3. The van der Waals surface area contributed by atoms with Crippen molar-refractivity contribution in [1.29, 1.82) is 0 Å². The van der Waals surface area contributed by atoms with Crippen molar-refractivity contribution in [1.82, 2.24) is 9.97 Å². The Morgan fingerprint density at radius 1 is 0.905 bits per heavy atom. The molecule has 0 saturated carbocycles. The maximum Gasteiger partial charge on any atom is 0.160 e. The van der Waals surface area contributed by atoms with Crippen LogP contribution in [0.15, 0.2) is 60.7 Å². The number of hydrogen-bond donors (Lipinski definition) is 1. The Bertz CT molecular complexity index is 754. The summed E-state index contributed by atoms with van der Waals surface area (Å²) in [7, 11) is 0. The molecule has 0 fully saturated rings. The highest BCUT2D eigenvalue weighted by atomic mass is 16.3. The van der Waals surface area contributed by atoms with Crippen LogP contribution in [-0.4, -0.2) is 15.1 Å². The van der Waals surface area contributed by atoms with Crippen molar-refractivity contribution >= 4 is 0 Å². The van der Waals surface area contributed by atoms with Gasteiger partial charge in [-0.05, 0) is 18.6 Å². The molecule has 3 nitrogen and oxygen atoms in total. The van der Waals surface area contributed by atoms with Crippen molar-refractivity contribution < 1.29 is 5.11 Å². The first-order valence-corrected chi connectivity index (χ1v) is 6.88. The van der Waals surface area contributed by atoms with Crippen molar-refractivity contribution in [2.45, 2.75) is 13.5 Å². The van der Waals surface area contributed by atoms with Gasteiger partial charge < -0.3 is 5.11 Å². The van der Waals surface area contributed by atoms with E-state index in [9.17, 15) is 5.11 Å². The molecule has 3 rings (SSSR count). The average Bonchev–Trinajstić information content (AvgIpc) is 2.55. The van der Waals surface area contributed by atoms with Crippen LogP contribution in [0.4, 0.5) is 0 Å². The van der Waals surface area contributed by atoms with Crippen LogP contribution in [0.1, 0.15) is 11.3 Å². The smallest absolute Gasteiger partial charge is 0.160 e. The van der Waals surface area contributed by atoms with E-state index in [4.69, 9.17) is 0 Å². The first-order chi connectivity index (χ1) is 10.3. The summed E-state index contributed by atoms with van der Waals surface area (Å²) in [6.07, 6.45) is 0. The molecule has 0 bridgehead atoms. The lowest BCUT2D eigenvalue weighted by atomic mass is 10.0. The Kier molecular flexibility index (Phi) is 3.75. The molecule has 0 aliphatic rings. The molecule has 104 valence electrons. The van der Waals surface area contributed by atoms with E-state index in [1.165, 1.54) is 0 Å². The minimum absolute atomic E-state index is 0.000105. The van der Waals surface area contributed by atoms with E-state index in [1.807, 2.05) is 67.6 Å². The van der Waals surface area contributed by atoms with Gasteiger partial charge in [-0.1, -0.05) is 54.6 Å². The Labute approximate surface area is 124 Å². The van der Waals surface area contributed by atoms with E-state index in [-0.39, 0.29) is 6.61 Å². The fourth-order valence-corrected chi connectivity index (χ4v) is 2.33. The van der Waals surface area contributed by atoms with Gasteiger partial charge >= 0.3 is 0 Å². The number of hydrogen-bond acceptors (Lipinski definition) is 3. The molecule has 0 radical (unpaired) electrons. The number of rotatable bonds is 3. The van der Waals surface area contributed by atoms with Gasteiger partial charge in [0.05, 0.1) is 12.3 Å². The zero-order valence-electron chi connectivity index (χ0n) is 11.8. The minimum Gasteiger partial charge on any atom is -0.392 e. The molecule has 1 N–H and O–H groups in total. The monoisotopic (exact) mass is 276 g/mol. The number of aliphatic hydroxyl groups is 1. The lowest BCUT2D eigenvalue weighted by molar-refractivity contribution is 0.282. The Morgan fingerprint density at radius 2 is 1.62 bits per heavy atom. The van der Waals surface area contributed by atoms with Gasteiger partial charge in [0.25, 0.3) is 0 Å². The molecular formula is C18H16N2O. The summed E-state index contributed by atoms with van der Waals surface area (Å²) in [5.41, 5.74) is 4.55. The van der Waals surface area contributed by atoms with Crippen LogP contribution in [-0.2, 0) is 6.61 Å². The summed E-state index contributed by atoms with van der Waals surface area (Å²) < 4.78 is 0. The summed E-state index contributed by atoms with van der Waals surface area (Å²) in [6, 6.07) is 19.6. The van der Waals surface area contributed by atoms with Gasteiger partial charge in [-0.3, -0.25) is 0 Å². The quantitative estimate of drug-likeness (QED) is 0.795. The first-order valence-electron chi connectivity index (χ1n) is 6.88. The second kappa shape index (κ2) is 5.85. The SMILES string of the molecule is Cc1cc(-c2ccccc2CO)nc(-c2ccccc2)n1. The first kappa shape index (κ1) is 13.5. The lowest BCUT2D eigenvalue weighted by Crippen LogP contribution is -1.97. The maximum absolute atomic E-state index is 9.49. The maximum atomic E-state index is 9.49. The summed E-state index contributed by atoms with van der Waals surface area (Å²) in [4.78, 5) is 9.17. The molecule has 0 unspecified atom stereocenters. The van der Waals surface area contributed by atoms with Crippen molar-refractivity contribution in [3.63, 3.8) is 0 Å².